The average Bonchev–Trinajstić information content (AvgIpc) is 3.03. The van der Waals surface area contributed by atoms with Crippen LogP contribution in [0.3, 0.4) is 0 Å². The summed E-state index contributed by atoms with van der Waals surface area (Å²) < 4.78 is 4.00. The standard InChI is InChI=1S/C14H14Cl2N4/c1-10(15)14-18-12-4-3-11(16)9-13(12)20(14)8-7-19-6-2-5-17-19/h2-6,9-10H,7-8H2,1H3. The maximum atomic E-state index is 6.24. The van der Waals surface area contributed by atoms with Crippen LogP contribution in [0.2, 0.25) is 5.02 Å². The number of alkyl halides is 1. The van der Waals surface area contributed by atoms with Crippen molar-refractivity contribution in [2.75, 3.05) is 0 Å². The number of nitrogens with zero attached hydrogens (tertiary/aromatic N) is 4. The van der Waals surface area contributed by atoms with E-state index in [9.17, 15) is 0 Å². The molecule has 0 fully saturated rings. The van der Waals surface area contributed by atoms with Gasteiger partial charge in [-0.25, -0.2) is 4.98 Å². The number of rotatable bonds is 4. The summed E-state index contributed by atoms with van der Waals surface area (Å²) in [5.41, 5.74) is 1.92. The number of hydrogen-bond donors (Lipinski definition) is 0. The van der Waals surface area contributed by atoms with Crippen molar-refractivity contribution in [2.45, 2.75) is 25.4 Å². The van der Waals surface area contributed by atoms with Crippen molar-refractivity contribution in [3.05, 3.63) is 47.5 Å². The summed E-state index contributed by atoms with van der Waals surface area (Å²) in [7, 11) is 0. The Balaban J connectivity index is 2.01. The normalized spacial score (nSPS) is 12.9. The first-order valence-corrected chi connectivity index (χ1v) is 7.24. The van der Waals surface area contributed by atoms with Crippen LogP contribution in [0, 0.1) is 0 Å². The van der Waals surface area contributed by atoms with Gasteiger partial charge in [0, 0.05) is 24.0 Å². The summed E-state index contributed by atoms with van der Waals surface area (Å²) in [6, 6.07) is 7.60. The fourth-order valence-corrected chi connectivity index (χ4v) is 2.62. The van der Waals surface area contributed by atoms with Crippen molar-refractivity contribution in [3.63, 3.8) is 0 Å². The highest BCUT2D eigenvalue weighted by Gasteiger charge is 2.15. The first-order chi connectivity index (χ1) is 9.65. The lowest BCUT2D eigenvalue weighted by Gasteiger charge is -2.10. The Morgan fingerprint density at radius 3 is 2.85 bits per heavy atom. The molecule has 1 atom stereocenters. The quantitative estimate of drug-likeness (QED) is 0.686. The van der Waals surface area contributed by atoms with Crippen LogP contribution in [0.5, 0.6) is 0 Å². The van der Waals surface area contributed by atoms with E-state index in [-0.39, 0.29) is 5.38 Å². The minimum Gasteiger partial charge on any atom is -0.325 e. The molecule has 0 spiro atoms. The molecule has 3 aromatic rings. The third kappa shape index (κ3) is 2.53. The second-order valence-electron chi connectivity index (χ2n) is 4.64. The summed E-state index contributed by atoms with van der Waals surface area (Å²) in [6.07, 6.45) is 3.71. The van der Waals surface area contributed by atoms with E-state index < -0.39 is 0 Å². The molecule has 0 radical (unpaired) electrons. The van der Waals surface area contributed by atoms with Gasteiger partial charge in [0.2, 0.25) is 0 Å². The largest absolute Gasteiger partial charge is 0.325 e. The van der Waals surface area contributed by atoms with Crippen LogP contribution in [0.1, 0.15) is 18.1 Å². The summed E-state index contributed by atoms with van der Waals surface area (Å²) in [5, 5.41) is 4.76. The number of fused-ring (bicyclic) bond motifs is 1. The van der Waals surface area contributed by atoms with Crippen LogP contribution < -0.4 is 0 Å². The zero-order chi connectivity index (χ0) is 14.1. The SMILES string of the molecule is CC(Cl)c1nc2ccc(Cl)cc2n1CCn1cccn1. The van der Waals surface area contributed by atoms with Crippen molar-refractivity contribution in [1.29, 1.82) is 0 Å². The first kappa shape index (κ1) is 13.5. The number of aromatic nitrogens is 4. The lowest BCUT2D eigenvalue weighted by atomic mass is 10.3. The van der Waals surface area contributed by atoms with Crippen LogP contribution in [0.4, 0.5) is 0 Å². The zero-order valence-corrected chi connectivity index (χ0v) is 12.5. The van der Waals surface area contributed by atoms with Gasteiger partial charge in [0.05, 0.1) is 23.0 Å². The molecule has 1 aromatic carbocycles. The number of benzene rings is 1. The van der Waals surface area contributed by atoms with Gasteiger partial charge >= 0.3 is 0 Å². The van der Waals surface area contributed by atoms with E-state index in [1.807, 2.05) is 42.1 Å². The maximum Gasteiger partial charge on any atom is 0.127 e. The molecule has 2 aromatic heterocycles. The maximum absolute atomic E-state index is 6.24. The van der Waals surface area contributed by atoms with E-state index in [0.29, 0.717) is 5.02 Å². The summed E-state index contributed by atoms with van der Waals surface area (Å²) in [6.45, 7) is 3.45. The predicted molar refractivity (Wildman–Crippen MR) is 81.2 cm³/mol. The Labute approximate surface area is 126 Å². The number of aryl methyl sites for hydroxylation is 2. The second kappa shape index (κ2) is 5.46. The molecule has 0 aliphatic rings. The van der Waals surface area contributed by atoms with Crippen LogP contribution in [-0.2, 0) is 13.1 Å². The number of hydrogen-bond acceptors (Lipinski definition) is 2. The van der Waals surface area contributed by atoms with Gasteiger partial charge in [-0.1, -0.05) is 11.6 Å². The third-order valence-electron chi connectivity index (χ3n) is 3.21. The molecule has 0 aliphatic heterocycles. The van der Waals surface area contributed by atoms with Crippen LogP contribution >= 0.6 is 23.2 Å². The van der Waals surface area contributed by atoms with E-state index in [1.54, 1.807) is 6.20 Å². The van der Waals surface area contributed by atoms with Gasteiger partial charge in [-0.2, -0.15) is 5.10 Å². The molecule has 0 amide bonds. The topological polar surface area (TPSA) is 35.6 Å². The van der Waals surface area contributed by atoms with Crippen molar-refractivity contribution in [1.82, 2.24) is 19.3 Å². The highest BCUT2D eigenvalue weighted by atomic mass is 35.5. The molecule has 0 aliphatic carbocycles. The van der Waals surface area contributed by atoms with Gasteiger partial charge in [-0.05, 0) is 31.2 Å². The molecular formula is C14H14Cl2N4. The monoisotopic (exact) mass is 308 g/mol. The smallest absolute Gasteiger partial charge is 0.127 e. The average molecular weight is 309 g/mol. The molecule has 20 heavy (non-hydrogen) atoms. The van der Waals surface area contributed by atoms with Crippen LogP contribution in [0.15, 0.2) is 36.7 Å². The van der Waals surface area contributed by atoms with Crippen molar-refractivity contribution in [3.8, 4) is 0 Å². The lowest BCUT2D eigenvalue weighted by Crippen LogP contribution is -2.11. The fourth-order valence-electron chi connectivity index (χ4n) is 2.29. The van der Waals surface area contributed by atoms with Gasteiger partial charge in [-0.3, -0.25) is 4.68 Å². The minimum absolute atomic E-state index is 0.154. The van der Waals surface area contributed by atoms with Crippen molar-refractivity contribution < 1.29 is 0 Å². The molecule has 2 heterocycles. The van der Waals surface area contributed by atoms with E-state index in [1.165, 1.54) is 0 Å². The van der Waals surface area contributed by atoms with Gasteiger partial charge in [0.1, 0.15) is 5.82 Å². The summed E-state index contributed by atoms with van der Waals surface area (Å²) in [5.74, 6) is 0.857. The minimum atomic E-state index is -0.154. The first-order valence-electron chi connectivity index (χ1n) is 6.42. The predicted octanol–water partition coefficient (Wildman–Crippen LogP) is 3.89. The van der Waals surface area contributed by atoms with Gasteiger partial charge in [0.25, 0.3) is 0 Å². The highest BCUT2D eigenvalue weighted by molar-refractivity contribution is 6.31. The molecular weight excluding hydrogens is 295 g/mol. The Morgan fingerprint density at radius 2 is 2.15 bits per heavy atom. The molecule has 0 saturated heterocycles. The zero-order valence-electron chi connectivity index (χ0n) is 11.0. The summed E-state index contributed by atoms with van der Waals surface area (Å²) in [4.78, 5) is 4.60. The number of imidazole rings is 1. The van der Waals surface area contributed by atoms with E-state index in [0.717, 1.165) is 29.9 Å². The van der Waals surface area contributed by atoms with E-state index >= 15 is 0 Å². The molecule has 4 nitrogen and oxygen atoms in total. The molecule has 0 bridgehead atoms. The molecule has 104 valence electrons. The Kier molecular flexibility index (Phi) is 3.68. The molecule has 6 heteroatoms. The van der Waals surface area contributed by atoms with E-state index in [4.69, 9.17) is 23.2 Å². The van der Waals surface area contributed by atoms with Gasteiger partial charge in [0.15, 0.2) is 0 Å². The highest BCUT2D eigenvalue weighted by Crippen LogP contribution is 2.26. The third-order valence-corrected chi connectivity index (χ3v) is 3.64. The summed E-state index contributed by atoms with van der Waals surface area (Å²) >= 11 is 12.3. The second-order valence-corrected chi connectivity index (χ2v) is 5.73. The molecule has 0 saturated carbocycles. The Morgan fingerprint density at radius 1 is 1.30 bits per heavy atom. The lowest BCUT2D eigenvalue weighted by molar-refractivity contribution is 0.528. The number of halogens is 2. The van der Waals surface area contributed by atoms with E-state index in [2.05, 4.69) is 14.6 Å². The van der Waals surface area contributed by atoms with Crippen LogP contribution in [0.25, 0.3) is 11.0 Å². The molecule has 3 rings (SSSR count). The van der Waals surface area contributed by atoms with Crippen LogP contribution in [-0.4, -0.2) is 19.3 Å². The van der Waals surface area contributed by atoms with Gasteiger partial charge in [-0.15, -0.1) is 11.6 Å². The fraction of sp³-hybridized carbons (Fsp3) is 0.286. The van der Waals surface area contributed by atoms with Crippen molar-refractivity contribution in [2.24, 2.45) is 0 Å². The Bertz CT molecular complexity index is 716. The molecule has 0 N–H and O–H groups in total. The van der Waals surface area contributed by atoms with Crippen molar-refractivity contribution >= 4 is 34.2 Å². The molecule has 1 unspecified atom stereocenters. The van der Waals surface area contributed by atoms with Gasteiger partial charge < -0.3 is 4.57 Å². The Hall–Kier alpha value is -1.52.